The molecule has 0 bridgehead atoms. The molecule has 2 aromatic rings. The minimum absolute atomic E-state index is 0.121. The second-order valence-corrected chi connectivity index (χ2v) is 11.3. The van der Waals surface area contributed by atoms with Gasteiger partial charge in [0.25, 0.3) is 0 Å². The number of rotatable bonds is 6. The van der Waals surface area contributed by atoms with Crippen molar-refractivity contribution in [3.63, 3.8) is 0 Å². The predicted octanol–water partition coefficient (Wildman–Crippen LogP) is 4.65. The van der Waals surface area contributed by atoms with Gasteiger partial charge in [0.05, 0.1) is 20.5 Å². The highest BCUT2D eigenvalue weighted by Gasteiger charge is 2.34. The van der Waals surface area contributed by atoms with E-state index in [1.54, 1.807) is 12.1 Å². The van der Waals surface area contributed by atoms with Crippen molar-refractivity contribution in [2.75, 3.05) is 13.1 Å². The molecule has 0 saturated carbocycles. The van der Waals surface area contributed by atoms with Crippen molar-refractivity contribution < 1.29 is 18.0 Å². The Bertz CT molecular complexity index is 1120. The van der Waals surface area contributed by atoms with Crippen molar-refractivity contribution in [1.82, 2.24) is 9.62 Å². The Labute approximate surface area is 198 Å². The molecular formula is C23H26Cl2N2O4S. The number of nitrogens with zero attached hydrogens (tertiary/aromatic N) is 1. The number of carbonyl (C=O) groups is 2. The topological polar surface area (TPSA) is 83.6 Å². The summed E-state index contributed by atoms with van der Waals surface area (Å²) in [5, 5.41) is 3.91. The van der Waals surface area contributed by atoms with Gasteiger partial charge in [-0.15, -0.1) is 0 Å². The summed E-state index contributed by atoms with van der Waals surface area (Å²) in [6.07, 6.45) is 0.849. The molecule has 0 aromatic heterocycles. The molecule has 0 aliphatic carbocycles. The van der Waals surface area contributed by atoms with E-state index in [0.717, 1.165) is 5.56 Å². The van der Waals surface area contributed by atoms with Gasteiger partial charge < -0.3 is 5.32 Å². The van der Waals surface area contributed by atoms with Gasteiger partial charge in [-0.05, 0) is 63.4 Å². The van der Waals surface area contributed by atoms with Crippen LogP contribution in [0.3, 0.4) is 0 Å². The summed E-state index contributed by atoms with van der Waals surface area (Å²) >= 11 is 12.1. The lowest BCUT2D eigenvalue weighted by atomic mass is 9.91. The van der Waals surface area contributed by atoms with E-state index in [-0.39, 0.29) is 35.6 Å². The van der Waals surface area contributed by atoms with Crippen molar-refractivity contribution in [3.8, 4) is 0 Å². The van der Waals surface area contributed by atoms with E-state index < -0.39 is 15.6 Å². The predicted molar refractivity (Wildman–Crippen MR) is 126 cm³/mol. The van der Waals surface area contributed by atoms with Crippen molar-refractivity contribution >= 4 is 44.9 Å². The summed E-state index contributed by atoms with van der Waals surface area (Å²) in [6.45, 7) is 5.70. The molecule has 2 aromatic carbocycles. The van der Waals surface area contributed by atoms with Crippen LogP contribution in [0.4, 0.5) is 0 Å². The van der Waals surface area contributed by atoms with Gasteiger partial charge in [0.2, 0.25) is 15.9 Å². The fourth-order valence-electron chi connectivity index (χ4n) is 3.74. The summed E-state index contributed by atoms with van der Waals surface area (Å²) in [6, 6.07) is 11.2. The molecule has 1 heterocycles. The number of benzene rings is 2. The summed E-state index contributed by atoms with van der Waals surface area (Å²) in [5.74, 6) is -0.530. The fourth-order valence-corrected chi connectivity index (χ4v) is 5.50. The molecule has 172 valence electrons. The van der Waals surface area contributed by atoms with Crippen LogP contribution in [0.25, 0.3) is 0 Å². The molecule has 1 aliphatic heterocycles. The lowest BCUT2D eigenvalue weighted by Gasteiger charge is -2.34. The van der Waals surface area contributed by atoms with Gasteiger partial charge in [-0.25, -0.2) is 8.42 Å². The monoisotopic (exact) mass is 496 g/mol. The third-order valence-corrected chi connectivity index (χ3v) is 8.45. The summed E-state index contributed by atoms with van der Waals surface area (Å²) in [7, 11) is -3.68. The third-order valence-electron chi connectivity index (χ3n) is 5.80. The molecule has 6 nitrogen and oxygen atoms in total. The lowest BCUT2D eigenvalue weighted by Crippen LogP contribution is -2.47. The molecule has 9 heteroatoms. The van der Waals surface area contributed by atoms with Crippen LogP contribution < -0.4 is 5.32 Å². The van der Waals surface area contributed by atoms with E-state index in [1.807, 2.05) is 19.9 Å². The maximum atomic E-state index is 12.9. The van der Waals surface area contributed by atoms with Gasteiger partial charge in [0, 0.05) is 24.6 Å². The molecule has 0 unspecified atom stereocenters. The first-order valence-corrected chi connectivity index (χ1v) is 12.5. The van der Waals surface area contributed by atoms with Crippen LogP contribution in [0, 0.1) is 5.92 Å². The highest BCUT2D eigenvalue weighted by molar-refractivity contribution is 7.89. The number of hydrogen-bond acceptors (Lipinski definition) is 4. The van der Waals surface area contributed by atoms with Crippen LogP contribution in [0.15, 0.2) is 47.4 Å². The average molecular weight is 497 g/mol. The smallest absolute Gasteiger partial charge is 0.243 e. The Morgan fingerprint density at radius 2 is 1.59 bits per heavy atom. The standard InChI is InChI=1S/C23H26Cl2N2O4S/c1-15(28)16-4-7-19(8-5-16)32(30,31)27-12-10-17(11-13-27)22(29)26-23(2,3)18-6-9-20(24)21(25)14-18/h4-9,14,17H,10-13H2,1-3H3,(H,26,29). The van der Waals surface area contributed by atoms with Gasteiger partial charge in [-0.2, -0.15) is 4.31 Å². The Balaban J connectivity index is 1.63. The van der Waals surface area contributed by atoms with Gasteiger partial charge in [0.15, 0.2) is 5.78 Å². The molecule has 1 aliphatic rings. The average Bonchev–Trinajstić information content (AvgIpc) is 2.75. The summed E-state index contributed by atoms with van der Waals surface area (Å²) in [4.78, 5) is 24.5. The summed E-state index contributed by atoms with van der Waals surface area (Å²) < 4.78 is 27.3. The highest BCUT2D eigenvalue weighted by Crippen LogP contribution is 2.30. The Kier molecular flexibility index (Phi) is 7.34. The molecule has 1 fully saturated rings. The van der Waals surface area contributed by atoms with E-state index in [0.29, 0.717) is 28.5 Å². The zero-order valence-corrected chi connectivity index (χ0v) is 20.5. The molecule has 0 atom stereocenters. The van der Waals surface area contributed by atoms with Gasteiger partial charge >= 0.3 is 0 Å². The molecule has 32 heavy (non-hydrogen) atoms. The minimum atomic E-state index is -3.68. The van der Waals surface area contributed by atoms with Gasteiger partial charge in [-0.3, -0.25) is 9.59 Å². The van der Waals surface area contributed by atoms with Crippen molar-refractivity contribution in [3.05, 3.63) is 63.6 Å². The molecule has 1 amide bonds. The molecule has 3 rings (SSSR count). The van der Waals surface area contributed by atoms with E-state index in [4.69, 9.17) is 23.2 Å². The van der Waals surface area contributed by atoms with Crippen LogP contribution in [-0.2, 0) is 20.4 Å². The number of halogens is 2. The largest absolute Gasteiger partial charge is 0.347 e. The fraction of sp³-hybridized carbons (Fsp3) is 0.391. The maximum absolute atomic E-state index is 12.9. The number of piperidine rings is 1. The van der Waals surface area contributed by atoms with Crippen LogP contribution in [0.1, 0.15) is 49.5 Å². The normalized spacial score (nSPS) is 16.0. The second-order valence-electron chi connectivity index (χ2n) is 8.50. The van der Waals surface area contributed by atoms with E-state index in [1.165, 1.54) is 35.5 Å². The Morgan fingerprint density at radius 1 is 1.00 bits per heavy atom. The minimum Gasteiger partial charge on any atom is -0.347 e. The number of amides is 1. The Hall–Kier alpha value is -1.93. The first-order chi connectivity index (χ1) is 14.9. The van der Waals surface area contributed by atoms with Crippen molar-refractivity contribution in [1.29, 1.82) is 0 Å². The Morgan fingerprint density at radius 3 is 2.12 bits per heavy atom. The zero-order valence-electron chi connectivity index (χ0n) is 18.2. The van der Waals surface area contributed by atoms with E-state index in [2.05, 4.69) is 5.32 Å². The molecule has 0 spiro atoms. The number of hydrogen-bond donors (Lipinski definition) is 1. The molecule has 0 radical (unpaired) electrons. The number of ketones is 1. The number of Topliss-reactive ketones (excluding diaryl/α,β-unsaturated/α-hetero) is 1. The van der Waals surface area contributed by atoms with Crippen LogP contribution >= 0.6 is 23.2 Å². The molecular weight excluding hydrogens is 471 g/mol. The first kappa shape index (κ1) is 24.7. The van der Waals surface area contributed by atoms with Crippen LogP contribution in [0.5, 0.6) is 0 Å². The zero-order chi connectivity index (χ0) is 23.7. The van der Waals surface area contributed by atoms with Gasteiger partial charge in [-0.1, -0.05) is 41.4 Å². The second kappa shape index (κ2) is 9.51. The number of carbonyl (C=O) groups excluding carboxylic acids is 2. The molecule has 1 N–H and O–H groups in total. The lowest BCUT2D eigenvalue weighted by molar-refractivity contribution is -0.127. The highest BCUT2D eigenvalue weighted by atomic mass is 35.5. The first-order valence-electron chi connectivity index (χ1n) is 10.3. The van der Waals surface area contributed by atoms with Crippen molar-refractivity contribution in [2.24, 2.45) is 5.92 Å². The van der Waals surface area contributed by atoms with E-state index >= 15 is 0 Å². The number of nitrogens with one attached hydrogen (secondary N) is 1. The molecule has 1 saturated heterocycles. The SMILES string of the molecule is CC(=O)c1ccc(S(=O)(=O)N2CCC(C(=O)NC(C)(C)c3ccc(Cl)c(Cl)c3)CC2)cc1. The maximum Gasteiger partial charge on any atom is 0.243 e. The third kappa shape index (κ3) is 5.34. The van der Waals surface area contributed by atoms with Crippen LogP contribution in [-0.4, -0.2) is 37.5 Å². The number of sulfonamides is 1. The van der Waals surface area contributed by atoms with Gasteiger partial charge in [0.1, 0.15) is 0 Å². The summed E-state index contributed by atoms with van der Waals surface area (Å²) in [5.41, 5.74) is 0.630. The van der Waals surface area contributed by atoms with E-state index in [9.17, 15) is 18.0 Å². The quantitative estimate of drug-likeness (QED) is 0.589. The van der Waals surface area contributed by atoms with Crippen molar-refractivity contribution in [2.45, 2.75) is 44.0 Å². The van der Waals surface area contributed by atoms with Crippen LogP contribution in [0.2, 0.25) is 10.0 Å².